The summed E-state index contributed by atoms with van der Waals surface area (Å²) in [6.45, 7) is 0. The average Bonchev–Trinajstić information content (AvgIpc) is 2.87. The van der Waals surface area contributed by atoms with Crippen molar-refractivity contribution < 1.29 is 4.39 Å². The van der Waals surface area contributed by atoms with Gasteiger partial charge in [0.05, 0.1) is 11.9 Å². The summed E-state index contributed by atoms with van der Waals surface area (Å²) in [7, 11) is 1.87. The fraction of sp³-hybridized carbons (Fsp3) is 0.0625. The van der Waals surface area contributed by atoms with E-state index in [2.05, 4.69) is 27.1 Å². The minimum atomic E-state index is -0.348. The third-order valence-corrected chi connectivity index (χ3v) is 2.95. The number of anilines is 1. The SMILES string of the molecule is CNc1ccc(C#Cc2cc3cc(F)cnc3[nH]2)cc1. The van der Waals surface area contributed by atoms with E-state index < -0.39 is 0 Å². The van der Waals surface area contributed by atoms with Crippen molar-refractivity contribution in [1.29, 1.82) is 0 Å². The van der Waals surface area contributed by atoms with Gasteiger partial charge < -0.3 is 10.3 Å². The standard InChI is InChI=1S/C16H12FN3/c1-18-14-5-2-11(3-6-14)4-7-15-9-12-8-13(17)10-19-16(12)20-15/h2-3,5-6,8-10,18H,1H3,(H,19,20). The van der Waals surface area contributed by atoms with Gasteiger partial charge in [-0.3, -0.25) is 0 Å². The van der Waals surface area contributed by atoms with Gasteiger partial charge in [-0.2, -0.15) is 0 Å². The number of aromatic amines is 1. The quantitative estimate of drug-likeness (QED) is 0.664. The summed E-state index contributed by atoms with van der Waals surface area (Å²) >= 11 is 0. The Kier molecular flexibility index (Phi) is 3.10. The van der Waals surface area contributed by atoms with Crippen LogP contribution in [0.15, 0.2) is 42.6 Å². The van der Waals surface area contributed by atoms with E-state index in [1.54, 1.807) is 6.07 Å². The lowest BCUT2D eigenvalue weighted by molar-refractivity contribution is 0.624. The van der Waals surface area contributed by atoms with Crippen LogP contribution in [0.3, 0.4) is 0 Å². The Morgan fingerprint density at radius 3 is 2.70 bits per heavy atom. The molecule has 0 aliphatic carbocycles. The van der Waals surface area contributed by atoms with Crippen LogP contribution in [-0.2, 0) is 0 Å². The van der Waals surface area contributed by atoms with Crippen LogP contribution < -0.4 is 5.32 Å². The van der Waals surface area contributed by atoms with Crippen molar-refractivity contribution in [2.24, 2.45) is 0 Å². The van der Waals surface area contributed by atoms with Gasteiger partial charge in [-0.1, -0.05) is 5.92 Å². The number of H-pyrrole nitrogens is 1. The molecule has 0 unspecified atom stereocenters. The second-order valence-electron chi connectivity index (χ2n) is 4.35. The molecule has 0 amide bonds. The zero-order chi connectivity index (χ0) is 13.9. The van der Waals surface area contributed by atoms with E-state index in [0.717, 1.165) is 22.3 Å². The highest BCUT2D eigenvalue weighted by Crippen LogP contribution is 2.13. The molecular formula is C16H12FN3. The molecule has 2 heterocycles. The lowest BCUT2D eigenvalue weighted by Gasteiger charge is -1.97. The highest BCUT2D eigenvalue weighted by molar-refractivity contribution is 5.77. The molecule has 0 aliphatic rings. The van der Waals surface area contributed by atoms with E-state index in [1.807, 2.05) is 31.3 Å². The molecule has 0 saturated heterocycles. The van der Waals surface area contributed by atoms with Crippen molar-refractivity contribution in [1.82, 2.24) is 9.97 Å². The van der Waals surface area contributed by atoms with Gasteiger partial charge in [-0.05, 0) is 42.3 Å². The van der Waals surface area contributed by atoms with Gasteiger partial charge in [0.1, 0.15) is 11.5 Å². The number of aromatic nitrogens is 2. The molecule has 0 atom stereocenters. The Morgan fingerprint density at radius 2 is 1.95 bits per heavy atom. The third-order valence-electron chi connectivity index (χ3n) is 2.95. The molecule has 0 saturated carbocycles. The van der Waals surface area contributed by atoms with Crippen molar-refractivity contribution in [2.45, 2.75) is 0 Å². The van der Waals surface area contributed by atoms with Crippen molar-refractivity contribution in [2.75, 3.05) is 12.4 Å². The van der Waals surface area contributed by atoms with E-state index in [9.17, 15) is 4.39 Å². The summed E-state index contributed by atoms with van der Waals surface area (Å²) in [5.41, 5.74) is 3.32. The highest BCUT2D eigenvalue weighted by atomic mass is 19.1. The van der Waals surface area contributed by atoms with E-state index >= 15 is 0 Å². The van der Waals surface area contributed by atoms with Gasteiger partial charge in [0.25, 0.3) is 0 Å². The molecule has 20 heavy (non-hydrogen) atoms. The van der Waals surface area contributed by atoms with Crippen LogP contribution in [0.1, 0.15) is 11.3 Å². The second-order valence-corrected chi connectivity index (χ2v) is 4.35. The van der Waals surface area contributed by atoms with Crippen molar-refractivity contribution in [3.63, 3.8) is 0 Å². The fourth-order valence-electron chi connectivity index (χ4n) is 1.92. The lowest BCUT2D eigenvalue weighted by atomic mass is 10.2. The summed E-state index contributed by atoms with van der Waals surface area (Å²) in [6, 6.07) is 11.0. The molecule has 98 valence electrons. The van der Waals surface area contributed by atoms with E-state index in [-0.39, 0.29) is 5.82 Å². The molecule has 1 aromatic carbocycles. The first-order chi connectivity index (χ1) is 9.74. The van der Waals surface area contributed by atoms with E-state index in [4.69, 9.17) is 0 Å². The summed E-state index contributed by atoms with van der Waals surface area (Å²) in [5, 5.41) is 3.77. The maximum absolute atomic E-state index is 13.0. The Balaban J connectivity index is 1.90. The fourth-order valence-corrected chi connectivity index (χ4v) is 1.92. The van der Waals surface area contributed by atoms with Crippen LogP contribution in [0.2, 0.25) is 0 Å². The molecule has 4 heteroatoms. The highest BCUT2D eigenvalue weighted by Gasteiger charge is 2.01. The molecule has 0 radical (unpaired) electrons. The van der Waals surface area contributed by atoms with Gasteiger partial charge in [0, 0.05) is 23.7 Å². The molecule has 3 rings (SSSR count). The first kappa shape index (κ1) is 12.2. The molecule has 0 fully saturated rings. The van der Waals surface area contributed by atoms with Gasteiger partial charge >= 0.3 is 0 Å². The van der Waals surface area contributed by atoms with Crippen LogP contribution in [0.5, 0.6) is 0 Å². The zero-order valence-electron chi connectivity index (χ0n) is 10.9. The minimum absolute atomic E-state index is 0.348. The van der Waals surface area contributed by atoms with Crippen LogP contribution in [0.25, 0.3) is 11.0 Å². The summed E-state index contributed by atoms with van der Waals surface area (Å²) in [5.74, 6) is 5.73. The molecule has 3 aromatic rings. The Hall–Kier alpha value is -2.80. The molecule has 3 nitrogen and oxygen atoms in total. The van der Waals surface area contributed by atoms with Crippen molar-refractivity contribution in [3.8, 4) is 11.8 Å². The van der Waals surface area contributed by atoms with Crippen molar-refractivity contribution in [3.05, 3.63) is 59.7 Å². The topological polar surface area (TPSA) is 40.7 Å². The number of rotatable bonds is 1. The zero-order valence-corrected chi connectivity index (χ0v) is 10.9. The summed E-state index contributed by atoms with van der Waals surface area (Å²) < 4.78 is 13.0. The lowest BCUT2D eigenvalue weighted by Crippen LogP contribution is -1.86. The predicted octanol–water partition coefficient (Wildman–Crippen LogP) is 3.14. The average molecular weight is 265 g/mol. The van der Waals surface area contributed by atoms with E-state index in [1.165, 1.54) is 12.3 Å². The number of nitrogens with one attached hydrogen (secondary N) is 2. The summed E-state index contributed by atoms with van der Waals surface area (Å²) in [6.07, 6.45) is 1.19. The largest absolute Gasteiger partial charge is 0.388 e. The van der Waals surface area contributed by atoms with Crippen LogP contribution in [0.4, 0.5) is 10.1 Å². The van der Waals surface area contributed by atoms with Crippen LogP contribution in [-0.4, -0.2) is 17.0 Å². The first-order valence-electron chi connectivity index (χ1n) is 6.19. The molecule has 2 N–H and O–H groups in total. The molecule has 0 spiro atoms. The predicted molar refractivity (Wildman–Crippen MR) is 78.0 cm³/mol. The number of hydrogen-bond acceptors (Lipinski definition) is 2. The maximum Gasteiger partial charge on any atom is 0.142 e. The maximum atomic E-state index is 13.0. The number of hydrogen-bond donors (Lipinski definition) is 2. The Bertz CT molecular complexity index is 807. The first-order valence-corrected chi connectivity index (χ1v) is 6.19. The van der Waals surface area contributed by atoms with Gasteiger partial charge in [0.15, 0.2) is 0 Å². The monoisotopic (exact) mass is 265 g/mol. The van der Waals surface area contributed by atoms with Crippen LogP contribution in [0, 0.1) is 17.7 Å². The number of pyridine rings is 1. The number of benzene rings is 1. The van der Waals surface area contributed by atoms with Crippen molar-refractivity contribution >= 4 is 16.7 Å². The smallest absolute Gasteiger partial charge is 0.142 e. The number of halogens is 1. The van der Waals surface area contributed by atoms with E-state index in [0.29, 0.717) is 5.65 Å². The van der Waals surface area contributed by atoms with Crippen LogP contribution >= 0.6 is 0 Å². The second kappa shape index (κ2) is 5.06. The Labute approximate surface area is 115 Å². The normalized spacial score (nSPS) is 10.1. The third kappa shape index (κ3) is 2.47. The number of fused-ring (bicyclic) bond motifs is 1. The van der Waals surface area contributed by atoms with Gasteiger partial charge in [-0.15, -0.1) is 0 Å². The Morgan fingerprint density at radius 1 is 1.15 bits per heavy atom. The minimum Gasteiger partial charge on any atom is -0.388 e. The summed E-state index contributed by atoms with van der Waals surface area (Å²) in [4.78, 5) is 7.02. The van der Waals surface area contributed by atoms with Gasteiger partial charge in [-0.25, -0.2) is 9.37 Å². The molecule has 0 aliphatic heterocycles. The van der Waals surface area contributed by atoms with Gasteiger partial charge in [0.2, 0.25) is 0 Å². The molecule has 0 bridgehead atoms. The molecular weight excluding hydrogens is 253 g/mol. The number of nitrogens with zero attached hydrogens (tertiary/aromatic N) is 1. The molecule has 2 aromatic heterocycles.